The van der Waals surface area contributed by atoms with E-state index in [0.717, 1.165) is 37.1 Å². The average Bonchev–Trinajstić information content (AvgIpc) is 2.54. The molecule has 0 amide bonds. The second-order valence-electron chi connectivity index (χ2n) is 7.43. The molecule has 1 fully saturated rings. The van der Waals surface area contributed by atoms with Gasteiger partial charge in [0.05, 0.1) is 18.2 Å². The van der Waals surface area contributed by atoms with E-state index in [1.54, 1.807) is 0 Å². The van der Waals surface area contributed by atoms with Crippen molar-refractivity contribution in [2.45, 2.75) is 45.7 Å². The molecule has 0 aliphatic carbocycles. The predicted octanol–water partition coefficient (Wildman–Crippen LogP) is 4.08. The van der Waals surface area contributed by atoms with Crippen LogP contribution in [0.3, 0.4) is 0 Å². The van der Waals surface area contributed by atoms with Crippen LogP contribution in [0.2, 0.25) is 5.02 Å². The van der Waals surface area contributed by atoms with Crippen molar-refractivity contribution in [2.75, 3.05) is 26.4 Å². The summed E-state index contributed by atoms with van der Waals surface area (Å²) in [6.45, 7) is 13.0. The van der Waals surface area contributed by atoms with Crippen molar-refractivity contribution in [1.29, 1.82) is 0 Å². The Kier molecular flexibility index (Phi) is 4.41. The SMILES string of the molecule is CC(C)CN1Cc2cc(C(C)C)cc(Cl)c2OCC12COC2. The van der Waals surface area contributed by atoms with Crippen molar-refractivity contribution in [3.05, 3.63) is 28.3 Å². The quantitative estimate of drug-likeness (QED) is 0.836. The zero-order valence-corrected chi connectivity index (χ0v) is 14.7. The van der Waals surface area contributed by atoms with Crippen LogP contribution in [0.5, 0.6) is 5.75 Å². The molecule has 0 bridgehead atoms. The molecule has 0 unspecified atom stereocenters. The van der Waals surface area contributed by atoms with Crippen LogP contribution in [0.1, 0.15) is 44.7 Å². The van der Waals surface area contributed by atoms with E-state index in [4.69, 9.17) is 21.1 Å². The van der Waals surface area contributed by atoms with Gasteiger partial charge in [0.2, 0.25) is 0 Å². The Balaban J connectivity index is 1.97. The molecule has 2 aliphatic rings. The minimum Gasteiger partial charge on any atom is -0.490 e. The summed E-state index contributed by atoms with van der Waals surface area (Å²) in [5.74, 6) is 1.94. The van der Waals surface area contributed by atoms with Crippen molar-refractivity contribution in [3.8, 4) is 5.75 Å². The molecule has 1 saturated heterocycles. The molecule has 0 radical (unpaired) electrons. The molecule has 122 valence electrons. The fourth-order valence-electron chi connectivity index (χ4n) is 3.26. The zero-order valence-electron chi connectivity index (χ0n) is 14.0. The standard InChI is InChI=1S/C18H26ClNO2/c1-12(2)7-20-8-15-5-14(13(3)4)6-16(19)17(15)22-11-18(20)9-21-10-18/h5-6,12-13H,7-11H2,1-4H3. The van der Waals surface area contributed by atoms with Gasteiger partial charge in [-0.25, -0.2) is 0 Å². The van der Waals surface area contributed by atoms with Crippen LogP contribution in [0, 0.1) is 5.92 Å². The summed E-state index contributed by atoms with van der Waals surface area (Å²) in [5.41, 5.74) is 2.50. The molecule has 0 saturated carbocycles. The minimum atomic E-state index is 0.0185. The fourth-order valence-corrected chi connectivity index (χ4v) is 3.56. The molecule has 2 heterocycles. The molecule has 22 heavy (non-hydrogen) atoms. The van der Waals surface area contributed by atoms with Crippen molar-refractivity contribution >= 4 is 11.6 Å². The molecule has 3 rings (SSSR count). The van der Waals surface area contributed by atoms with Gasteiger partial charge in [0, 0.05) is 18.7 Å². The van der Waals surface area contributed by atoms with E-state index in [-0.39, 0.29) is 5.54 Å². The molecule has 2 aliphatic heterocycles. The Hall–Kier alpha value is -0.770. The van der Waals surface area contributed by atoms with Crippen LogP contribution in [0.4, 0.5) is 0 Å². The lowest BCUT2D eigenvalue weighted by Gasteiger charge is -2.48. The third kappa shape index (κ3) is 2.86. The summed E-state index contributed by atoms with van der Waals surface area (Å²) in [7, 11) is 0. The van der Waals surface area contributed by atoms with Crippen LogP contribution in [-0.4, -0.2) is 36.8 Å². The Morgan fingerprint density at radius 1 is 1.18 bits per heavy atom. The Morgan fingerprint density at radius 2 is 1.91 bits per heavy atom. The van der Waals surface area contributed by atoms with Crippen LogP contribution >= 0.6 is 11.6 Å². The summed E-state index contributed by atoms with van der Waals surface area (Å²) in [6, 6.07) is 4.31. The van der Waals surface area contributed by atoms with Gasteiger partial charge in [-0.1, -0.05) is 45.4 Å². The van der Waals surface area contributed by atoms with Crippen LogP contribution in [-0.2, 0) is 11.3 Å². The lowest BCUT2D eigenvalue weighted by molar-refractivity contribution is -0.158. The van der Waals surface area contributed by atoms with Gasteiger partial charge in [-0.3, -0.25) is 4.90 Å². The van der Waals surface area contributed by atoms with Gasteiger partial charge in [0.1, 0.15) is 17.9 Å². The number of halogens is 1. The van der Waals surface area contributed by atoms with Gasteiger partial charge >= 0.3 is 0 Å². The first-order valence-corrected chi connectivity index (χ1v) is 8.57. The largest absolute Gasteiger partial charge is 0.490 e. The number of hydrogen-bond acceptors (Lipinski definition) is 3. The summed E-state index contributed by atoms with van der Waals surface area (Å²) in [4.78, 5) is 2.54. The first-order valence-electron chi connectivity index (χ1n) is 8.19. The maximum absolute atomic E-state index is 6.50. The summed E-state index contributed by atoms with van der Waals surface area (Å²) < 4.78 is 11.6. The smallest absolute Gasteiger partial charge is 0.142 e. The highest BCUT2D eigenvalue weighted by molar-refractivity contribution is 6.32. The van der Waals surface area contributed by atoms with Gasteiger partial charge < -0.3 is 9.47 Å². The third-order valence-corrected chi connectivity index (χ3v) is 4.93. The molecule has 4 heteroatoms. The first-order chi connectivity index (χ1) is 10.4. The highest BCUT2D eigenvalue weighted by atomic mass is 35.5. The van der Waals surface area contributed by atoms with Gasteiger partial charge in [-0.2, -0.15) is 0 Å². The number of fused-ring (bicyclic) bond motifs is 1. The van der Waals surface area contributed by atoms with Crippen molar-refractivity contribution in [3.63, 3.8) is 0 Å². The molecule has 0 N–H and O–H groups in total. The van der Waals surface area contributed by atoms with Crippen molar-refractivity contribution in [2.24, 2.45) is 5.92 Å². The molecular weight excluding hydrogens is 298 g/mol. The van der Waals surface area contributed by atoms with E-state index < -0.39 is 0 Å². The van der Waals surface area contributed by atoms with Gasteiger partial charge in [-0.05, 0) is 23.5 Å². The minimum absolute atomic E-state index is 0.0185. The van der Waals surface area contributed by atoms with Crippen LogP contribution in [0.15, 0.2) is 12.1 Å². The normalized spacial score (nSPS) is 20.7. The molecular formula is C18H26ClNO2. The Morgan fingerprint density at radius 3 is 2.45 bits per heavy atom. The lowest BCUT2D eigenvalue weighted by Crippen LogP contribution is -2.65. The van der Waals surface area contributed by atoms with E-state index in [9.17, 15) is 0 Å². The third-order valence-electron chi connectivity index (χ3n) is 4.65. The zero-order chi connectivity index (χ0) is 15.9. The molecule has 1 aromatic rings. The average molecular weight is 324 g/mol. The number of benzene rings is 1. The monoisotopic (exact) mass is 323 g/mol. The maximum Gasteiger partial charge on any atom is 0.142 e. The number of rotatable bonds is 3. The number of nitrogens with zero attached hydrogens (tertiary/aromatic N) is 1. The van der Waals surface area contributed by atoms with Gasteiger partial charge in [0.25, 0.3) is 0 Å². The lowest BCUT2D eigenvalue weighted by atomic mass is 9.94. The summed E-state index contributed by atoms with van der Waals surface area (Å²) in [6.07, 6.45) is 0. The molecule has 1 aromatic carbocycles. The fraction of sp³-hybridized carbons (Fsp3) is 0.667. The Labute approximate surface area is 138 Å². The highest BCUT2D eigenvalue weighted by Crippen LogP contribution is 2.39. The maximum atomic E-state index is 6.50. The first kappa shape index (κ1) is 16.1. The molecule has 3 nitrogen and oxygen atoms in total. The molecule has 0 aromatic heterocycles. The molecule has 0 atom stereocenters. The second kappa shape index (κ2) is 6.03. The van der Waals surface area contributed by atoms with E-state index in [0.29, 0.717) is 18.4 Å². The van der Waals surface area contributed by atoms with E-state index in [2.05, 4.69) is 38.7 Å². The van der Waals surface area contributed by atoms with Gasteiger partial charge in [0.15, 0.2) is 0 Å². The van der Waals surface area contributed by atoms with Crippen LogP contribution in [0.25, 0.3) is 0 Å². The van der Waals surface area contributed by atoms with Crippen molar-refractivity contribution < 1.29 is 9.47 Å². The van der Waals surface area contributed by atoms with Gasteiger partial charge in [-0.15, -0.1) is 0 Å². The topological polar surface area (TPSA) is 21.7 Å². The molecule has 1 spiro atoms. The number of ether oxygens (including phenoxy) is 2. The summed E-state index contributed by atoms with van der Waals surface area (Å²) in [5, 5.41) is 0.739. The van der Waals surface area contributed by atoms with E-state index in [1.807, 2.05) is 6.07 Å². The second-order valence-corrected chi connectivity index (χ2v) is 7.83. The van der Waals surface area contributed by atoms with E-state index >= 15 is 0 Å². The Bertz CT molecular complexity index is 552. The summed E-state index contributed by atoms with van der Waals surface area (Å²) >= 11 is 6.50. The van der Waals surface area contributed by atoms with Crippen molar-refractivity contribution in [1.82, 2.24) is 4.90 Å². The number of hydrogen-bond donors (Lipinski definition) is 0. The van der Waals surface area contributed by atoms with Crippen LogP contribution < -0.4 is 4.74 Å². The predicted molar refractivity (Wildman–Crippen MR) is 89.8 cm³/mol. The highest BCUT2D eigenvalue weighted by Gasteiger charge is 2.47. The van der Waals surface area contributed by atoms with E-state index in [1.165, 1.54) is 11.1 Å².